The van der Waals surface area contributed by atoms with Crippen LogP contribution in [-0.4, -0.2) is 40.6 Å². The third-order valence-corrected chi connectivity index (χ3v) is 4.54. The lowest BCUT2D eigenvalue weighted by Gasteiger charge is -2.35. The van der Waals surface area contributed by atoms with Gasteiger partial charge in [0.2, 0.25) is 5.95 Å². The molecule has 1 saturated heterocycles. The van der Waals surface area contributed by atoms with Gasteiger partial charge in [-0.2, -0.15) is 0 Å². The number of aromatic nitrogens is 3. The predicted octanol–water partition coefficient (Wildman–Crippen LogP) is 2.67. The van der Waals surface area contributed by atoms with Crippen LogP contribution in [-0.2, 0) is 4.74 Å². The second-order valence-corrected chi connectivity index (χ2v) is 5.99. The molecule has 1 aromatic rings. The van der Waals surface area contributed by atoms with Gasteiger partial charge in [0.25, 0.3) is 0 Å². The Morgan fingerprint density at radius 2 is 2.11 bits per heavy atom. The van der Waals surface area contributed by atoms with Crippen molar-refractivity contribution in [2.24, 2.45) is 0 Å². The van der Waals surface area contributed by atoms with Crippen molar-refractivity contribution in [1.82, 2.24) is 14.8 Å². The average molecular weight is 282 g/mol. The Bertz CT molecular complexity index is 477. The molecule has 1 saturated carbocycles. The Balaban J connectivity index is 1.90. The summed E-state index contributed by atoms with van der Waals surface area (Å²) in [5.74, 6) is 1.01. The summed E-state index contributed by atoms with van der Waals surface area (Å²) in [6.45, 7) is 4.62. The van der Waals surface area contributed by atoms with Gasteiger partial charge in [-0.05, 0) is 32.0 Å². The van der Waals surface area contributed by atoms with E-state index in [-0.39, 0.29) is 0 Å². The van der Waals surface area contributed by atoms with Crippen LogP contribution in [0.4, 0.5) is 5.95 Å². The molecule has 2 aliphatic rings. The fourth-order valence-electron chi connectivity index (χ4n) is 3.19. The summed E-state index contributed by atoms with van der Waals surface area (Å²) < 4.78 is 8.52. The number of hydrogen-bond donors (Lipinski definition) is 1. The van der Waals surface area contributed by atoms with E-state index in [4.69, 9.17) is 17.0 Å². The highest BCUT2D eigenvalue weighted by Crippen LogP contribution is 2.32. The van der Waals surface area contributed by atoms with Crippen LogP contribution in [0.25, 0.3) is 0 Å². The van der Waals surface area contributed by atoms with Crippen LogP contribution in [0.5, 0.6) is 0 Å². The van der Waals surface area contributed by atoms with Crippen LogP contribution in [0.2, 0.25) is 0 Å². The fourth-order valence-corrected chi connectivity index (χ4v) is 3.47. The summed E-state index contributed by atoms with van der Waals surface area (Å²) in [7, 11) is 0. The fraction of sp³-hybridized carbons (Fsp3) is 0.846. The highest BCUT2D eigenvalue weighted by Gasteiger charge is 2.27. The van der Waals surface area contributed by atoms with Crippen molar-refractivity contribution in [3.05, 3.63) is 4.77 Å². The number of H-pyrrole nitrogens is 1. The lowest BCUT2D eigenvalue weighted by molar-refractivity contribution is 0.0973. The van der Waals surface area contributed by atoms with E-state index < -0.39 is 0 Å². The first-order valence-electron chi connectivity index (χ1n) is 7.28. The minimum absolute atomic E-state index is 0.362. The topological polar surface area (TPSA) is 46.1 Å². The molecule has 6 heteroatoms. The zero-order valence-electron chi connectivity index (χ0n) is 11.5. The molecule has 2 fully saturated rings. The smallest absolute Gasteiger partial charge is 0.226 e. The third-order valence-electron chi connectivity index (χ3n) is 4.25. The van der Waals surface area contributed by atoms with E-state index in [1.54, 1.807) is 0 Å². The van der Waals surface area contributed by atoms with E-state index in [1.807, 2.05) is 0 Å². The van der Waals surface area contributed by atoms with Gasteiger partial charge in [-0.1, -0.05) is 19.3 Å². The van der Waals surface area contributed by atoms with E-state index in [2.05, 4.69) is 26.6 Å². The van der Waals surface area contributed by atoms with Crippen LogP contribution < -0.4 is 4.90 Å². The number of nitrogens with zero attached hydrogens (tertiary/aromatic N) is 3. The molecule has 1 atom stereocenters. The minimum Gasteiger partial charge on any atom is -0.377 e. The highest BCUT2D eigenvalue weighted by atomic mass is 32.1. The first kappa shape index (κ1) is 13.1. The second-order valence-electron chi connectivity index (χ2n) is 5.61. The molecule has 0 bridgehead atoms. The first-order chi connectivity index (χ1) is 9.27. The van der Waals surface area contributed by atoms with Gasteiger partial charge in [-0.15, -0.1) is 5.10 Å². The van der Waals surface area contributed by atoms with Gasteiger partial charge in [0.15, 0.2) is 4.77 Å². The summed E-state index contributed by atoms with van der Waals surface area (Å²) >= 11 is 5.45. The molecule has 0 aromatic carbocycles. The Kier molecular flexibility index (Phi) is 3.88. The molecule has 1 aromatic heterocycles. The van der Waals surface area contributed by atoms with Crippen LogP contribution in [0.1, 0.15) is 45.1 Å². The Labute approximate surface area is 118 Å². The van der Waals surface area contributed by atoms with Crippen molar-refractivity contribution in [2.45, 2.75) is 51.1 Å². The van der Waals surface area contributed by atoms with Crippen molar-refractivity contribution >= 4 is 18.2 Å². The normalized spacial score (nSPS) is 25.7. The van der Waals surface area contributed by atoms with Crippen LogP contribution in [0.15, 0.2) is 0 Å². The molecule has 3 rings (SSSR count). The zero-order chi connectivity index (χ0) is 13.2. The lowest BCUT2D eigenvalue weighted by Crippen LogP contribution is -2.45. The summed E-state index contributed by atoms with van der Waals surface area (Å²) in [5, 5.41) is 7.47. The minimum atomic E-state index is 0.362. The van der Waals surface area contributed by atoms with Crippen molar-refractivity contribution in [3.8, 4) is 0 Å². The van der Waals surface area contributed by atoms with Crippen LogP contribution in [0.3, 0.4) is 0 Å². The van der Waals surface area contributed by atoms with Gasteiger partial charge in [0, 0.05) is 12.6 Å². The molecular weight excluding hydrogens is 260 g/mol. The van der Waals surface area contributed by atoms with Gasteiger partial charge >= 0.3 is 0 Å². The van der Waals surface area contributed by atoms with Crippen molar-refractivity contribution < 1.29 is 4.74 Å². The number of nitrogens with one attached hydrogen (secondary N) is 1. The SMILES string of the molecule is CC1COCCN1c1n[nH]c(=S)n1C1CCCCC1. The number of rotatable bonds is 2. The molecule has 1 unspecified atom stereocenters. The summed E-state index contributed by atoms with van der Waals surface area (Å²) in [6, 6.07) is 0.881. The van der Waals surface area contributed by atoms with Gasteiger partial charge in [0.1, 0.15) is 0 Å². The molecule has 5 nitrogen and oxygen atoms in total. The third kappa shape index (κ3) is 2.56. The molecule has 2 heterocycles. The van der Waals surface area contributed by atoms with E-state index >= 15 is 0 Å². The number of anilines is 1. The van der Waals surface area contributed by atoms with Crippen molar-refractivity contribution in [2.75, 3.05) is 24.7 Å². The van der Waals surface area contributed by atoms with Gasteiger partial charge in [-0.25, -0.2) is 5.10 Å². The Morgan fingerprint density at radius 3 is 2.84 bits per heavy atom. The molecule has 0 spiro atoms. The molecule has 0 radical (unpaired) electrons. The number of aromatic amines is 1. The molecule has 19 heavy (non-hydrogen) atoms. The van der Waals surface area contributed by atoms with Gasteiger partial charge < -0.3 is 9.64 Å². The Morgan fingerprint density at radius 1 is 1.32 bits per heavy atom. The maximum absolute atomic E-state index is 5.51. The molecule has 1 aliphatic carbocycles. The molecule has 0 amide bonds. The summed E-state index contributed by atoms with van der Waals surface area (Å²) in [6.07, 6.45) is 6.40. The Hall–Kier alpha value is -0.880. The van der Waals surface area contributed by atoms with E-state index in [0.717, 1.165) is 30.5 Å². The maximum Gasteiger partial charge on any atom is 0.226 e. The molecular formula is C13H22N4OS. The monoisotopic (exact) mass is 282 g/mol. The molecule has 1 aliphatic heterocycles. The number of morpholine rings is 1. The summed E-state index contributed by atoms with van der Waals surface area (Å²) in [5.41, 5.74) is 0. The summed E-state index contributed by atoms with van der Waals surface area (Å²) in [4.78, 5) is 2.32. The van der Waals surface area contributed by atoms with E-state index in [1.165, 1.54) is 32.1 Å². The van der Waals surface area contributed by atoms with E-state index in [0.29, 0.717) is 12.1 Å². The zero-order valence-corrected chi connectivity index (χ0v) is 12.3. The van der Waals surface area contributed by atoms with Crippen LogP contribution in [0, 0.1) is 4.77 Å². The van der Waals surface area contributed by atoms with Gasteiger partial charge in [-0.3, -0.25) is 4.57 Å². The van der Waals surface area contributed by atoms with Crippen molar-refractivity contribution in [1.29, 1.82) is 0 Å². The lowest BCUT2D eigenvalue weighted by atomic mass is 9.95. The molecule has 1 N–H and O–H groups in total. The largest absolute Gasteiger partial charge is 0.377 e. The maximum atomic E-state index is 5.51. The second kappa shape index (κ2) is 5.63. The highest BCUT2D eigenvalue weighted by molar-refractivity contribution is 7.71. The number of ether oxygens (including phenoxy) is 1. The van der Waals surface area contributed by atoms with Gasteiger partial charge in [0.05, 0.1) is 19.3 Å². The standard InChI is InChI=1S/C13H22N4OS/c1-10-9-18-8-7-16(10)12-14-15-13(19)17(12)11-5-3-2-4-6-11/h10-11H,2-9H2,1H3,(H,15,19). The number of hydrogen-bond acceptors (Lipinski definition) is 4. The first-order valence-corrected chi connectivity index (χ1v) is 7.69. The average Bonchev–Trinajstić information content (AvgIpc) is 2.82. The van der Waals surface area contributed by atoms with Crippen molar-refractivity contribution in [3.63, 3.8) is 0 Å². The van der Waals surface area contributed by atoms with E-state index in [9.17, 15) is 0 Å². The predicted molar refractivity (Wildman–Crippen MR) is 77.2 cm³/mol. The molecule has 106 valence electrons. The quantitative estimate of drug-likeness (QED) is 0.847. The van der Waals surface area contributed by atoms with Crippen LogP contribution >= 0.6 is 12.2 Å².